The molecule has 112 valence electrons. The van der Waals surface area contributed by atoms with Crippen molar-refractivity contribution in [3.8, 4) is 5.75 Å². The molecule has 20 heavy (non-hydrogen) atoms. The Morgan fingerprint density at radius 3 is 2.50 bits per heavy atom. The number of carbonyl (C=O) groups excluding carboxylic acids is 1. The molecule has 1 atom stereocenters. The first-order chi connectivity index (χ1) is 9.71. The third kappa shape index (κ3) is 5.61. The predicted octanol–water partition coefficient (Wildman–Crippen LogP) is 2.65. The van der Waals surface area contributed by atoms with Crippen molar-refractivity contribution in [1.29, 1.82) is 0 Å². The third-order valence-corrected chi connectivity index (χ3v) is 3.26. The highest BCUT2D eigenvalue weighted by atomic mass is 16.5. The summed E-state index contributed by atoms with van der Waals surface area (Å²) in [6, 6.07) is 8.26. The van der Waals surface area contributed by atoms with Crippen molar-refractivity contribution in [2.24, 2.45) is 0 Å². The Kier molecular flexibility index (Phi) is 7.73. The van der Waals surface area contributed by atoms with Gasteiger partial charge >= 0.3 is 0 Å². The van der Waals surface area contributed by atoms with Crippen molar-refractivity contribution < 1.29 is 9.53 Å². The van der Waals surface area contributed by atoms with Gasteiger partial charge in [-0.05, 0) is 37.6 Å². The molecule has 0 saturated carbocycles. The van der Waals surface area contributed by atoms with Gasteiger partial charge in [-0.25, -0.2) is 0 Å². The van der Waals surface area contributed by atoms with Crippen LogP contribution in [0.15, 0.2) is 24.3 Å². The summed E-state index contributed by atoms with van der Waals surface area (Å²) in [6.07, 6.45) is 3.12. The Labute approximate surface area is 121 Å². The number of unbranched alkanes of at least 4 members (excludes halogenated alkanes) is 1. The van der Waals surface area contributed by atoms with Gasteiger partial charge in [-0.2, -0.15) is 0 Å². The summed E-state index contributed by atoms with van der Waals surface area (Å²) in [5, 5.41) is 6.09. The van der Waals surface area contributed by atoms with Gasteiger partial charge < -0.3 is 15.4 Å². The number of hydrogen-bond donors (Lipinski definition) is 2. The Bertz CT molecular complexity index is 386. The first-order valence-electron chi connectivity index (χ1n) is 7.38. The van der Waals surface area contributed by atoms with E-state index in [4.69, 9.17) is 4.74 Å². The van der Waals surface area contributed by atoms with Crippen LogP contribution in [0.3, 0.4) is 0 Å². The number of rotatable bonds is 9. The number of amides is 1. The van der Waals surface area contributed by atoms with Gasteiger partial charge in [0, 0.05) is 12.6 Å². The van der Waals surface area contributed by atoms with Crippen LogP contribution in [-0.4, -0.2) is 26.1 Å². The Hall–Kier alpha value is -1.55. The average Bonchev–Trinajstić information content (AvgIpc) is 2.48. The van der Waals surface area contributed by atoms with Crippen molar-refractivity contribution in [3.63, 3.8) is 0 Å². The van der Waals surface area contributed by atoms with Crippen LogP contribution in [0.4, 0.5) is 0 Å². The van der Waals surface area contributed by atoms with Crippen LogP contribution in [0.25, 0.3) is 0 Å². The fraction of sp³-hybridized carbons (Fsp3) is 0.562. The molecule has 0 aliphatic heterocycles. The van der Waals surface area contributed by atoms with Gasteiger partial charge in [-0.15, -0.1) is 0 Å². The normalized spacial score (nSPS) is 11.9. The first-order valence-corrected chi connectivity index (χ1v) is 7.38. The van der Waals surface area contributed by atoms with Gasteiger partial charge in [0.2, 0.25) is 0 Å². The summed E-state index contributed by atoms with van der Waals surface area (Å²) in [7, 11) is 1.96. The molecule has 2 N–H and O–H groups in total. The van der Waals surface area contributed by atoms with Gasteiger partial charge in [0.1, 0.15) is 5.75 Å². The van der Waals surface area contributed by atoms with E-state index in [1.165, 1.54) is 5.56 Å². The molecule has 0 fully saturated rings. The van der Waals surface area contributed by atoms with Gasteiger partial charge in [0.25, 0.3) is 5.91 Å². The minimum absolute atomic E-state index is 0.0656. The molecule has 0 saturated heterocycles. The molecular weight excluding hydrogens is 252 g/mol. The van der Waals surface area contributed by atoms with Crippen LogP contribution >= 0.6 is 0 Å². The zero-order chi connectivity index (χ0) is 14.8. The molecule has 1 amide bonds. The third-order valence-electron chi connectivity index (χ3n) is 3.26. The van der Waals surface area contributed by atoms with E-state index in [1.807, 2.05) is 31.3 Å². The van der Waals surface area contributed by atoms with E-state index in [1.54, 1.807) is 0 Å². The van der Waals surface area contributed by atoms with Gasteiger partial charge in [-0.3, -0.25) is 4.79 Å². The van der Waals surface area contributed by atoms with Crippen molar-refractivity contribution in [2.45, 2.75) is 39.2 Å². The lowest BCUT2D eigenvalue weighted by molar-refractivity contribution is -0.123. The zero-order valence-electron chi connectivity index (χ0n) is 12.7. The molecule has 0 aromatic heterocycles. The Balaban J connectivity index is 2.39. The van der Waals surface area contributed by atoms with Crippen LogP contribution in [0.1, 0.15) is 44.7 Å². The molecule has 0 heterocycles. The van der Waals surface area contributed by atoms with E-state index in [0.717, 1.165) is 31.6 Å². The van der Waals surface area contributed by atoms with Crippen LogP contribution in [0, 0.1) is 0 Å². The van der Waals surface area contributed by atoms with Crippen molar-refractivity contribution in [3.05, 3.63) is 29.8 Å². The average molecular weight is 278 g/mol. The van der Waals surface area contributed by atoms with E-state index in [0.29, 0.717) is 6.04 Å². The Morgan fingerprint density at radius 1 is 1.25 bits per heavy atom. The van der Waals surface area contributed by atoms with E-state index in [9.17, 15) is 4.79 Å². The lowest BCUT2D eigenvalue weighted by atomic mass is 10.1. The van der Waals surface area contributed by atoms with Gasteiger partial charge in [0.15, 0.2) is 6.61 Å². The molecule has 4 nitrogen and oxygen atoms in total. The summed E-state index contributed by atoms with van der Waals surface area (Å²) in [5.74, 6) is 0.662. The van der Waals surface area contributed by atoms with Crippen LogP contribution in [0.5, 0.6) is 5.75 Å². The predicted molar refractivity (Wildman–Crippen MR) is 81.9 cm³/mol. The van der Waals surface area contributed by atoms with E-state index in [-0.39, 0.29) is 12.5 Å². The second kappa shape index (κ2) is 9.37. The fourth-order valence-corrected chi connectivity index (χ4v) is 2.01. The van der Waals surface area contributed by atoms with Gasteiger partial charge in [0.05, 0.1) is 0 Å². The summed E-state index contributed by atoms with van der Waals surface area (Å²) >= 11 is 0. The molecule has 1 unspecified atom stereocenters. The minimum atomic E-state index is -0.0656. The maximum Gasteiger partial charge on any atom is 0.257 e. The molecule has 0 aliphatic carbocycles. The van der Waals surface area contributed by atoms with E-state index < -0.39 is 0 Å². The number of nitrogens with one attached hydrogen (secondary N) is 2. The highest BCUT2D eigenvalue weighted by Crippen LogP contribution is 2.19. The number of carbonyl (C=O) groups is 1. The maximum atomic E-state index is 11.5. The van der Waals surface area contributed by atoms with E-state index >= 15 is 0 Å². The number of hydrogen-bond acceptors (Lipinski definition) is 3. The lowest BCUT2D eigenvalue weighted by Crippen LogP contribution is -2.29. The minimum Gasteiger partial charge on any atom is -0.484 e. The largest absolute Gasteiger partial charge is 0.484 e. The number of benzene rings is 1. The first kappa shape index (κ1) is 16.5. The molecule has 1 aromatic rings. The molecule has 0 bridgehead atoms. The highest BCUT2D eigenvalue weighted by molar-refractivity contribution is 5.77. The summed E-state index contributed by atoms with van der Waals surface area (Å²) < 4.78 is 5.47. The molecule has 1 rings (SSSR count). The quantitative estimate of drug-likeness (QED) is 0.683. The zero-order valence-corrected chi connectivity index (χ0v) is 12.7. The summed E-state index contributed by atoms with van der Waals surface area (Å²) in [4.78, 5) is 11.5. The van der Waals surface area contributed by atoms with Crippen LogP contribution in [0.2, 0.25) is 0 Å². The maximum absolute atomic E-state index is 11.5. The standard InChI is InChI=1S/C16H26N2O2/c1-4-6-11-18-16(19)12-20-14-9-7-13(8-10-14)15(5-2)17-3/h7-10,15,17H,4-6,11-12H2,1-3H3,(H,18,19). The number of ether oxygens (including phenoxy) is 1. The molecule has 4 heteroatoms. The Morgan fingerprint density at radius 2 is 1.95 bits per heavy atom. The second-order valence-electron chi connectivity index (χ2n) is 4.81. The molecule has 0 aliphatic rings. The highest BCUT2D eigenvalue weighted by Gasteiger charge is 2.07. The summed E-state index contributed by atoms with van der Waals surface area (Å²) in [5.41, 5.74) is 1.23. The van der Waals surface area contributed by atoms with Crippen LogP contribution < -0.4 is 15.4 Å². The van der Waals surface area contributed by atoms with Crippen molar-refractivity contribution in [2.75, 3.05) is 20.2 Å². The van der Waals surface area contributed by atoms with Gasteiger partial charge in [-0.1, -0.05) is 32.4 Å². The smallest absolute Gasteiger partial charge is 0.257 e. The molecule has 0 spiro atoms. The van der Waals surface area contributed by atoms with Crippen molar-refractivity contribution in [1.82, 2.24) is 10.6 Å². The monoisotopic (exact) mass is 278 g/mol. The lowest BCUT2D eigenvalue weighted by Gasteiger charge is -2.14. The van der Waals surface area contributed by atoms with Crippen LogP contribution in [-0.2, 0) is 4.79 Å². The fourth-order valence-electron chi connectivity index (χ4n) is 2.01. The SMILES string of the molecule is CCCCNC(=O)COc1ccc(C(CC)NC)cc1. The summed E-state index contributed by atoms with van der Waals surface area (Å²) in [6.45, 7) is 5.04. The topological polar surface area (TPSA) is 50.4 Å². The second-order valence-corrected chi connectivity index (χ2v) is 4.81. The molecular formula is C16H26N2O2. The molecule has 1 aromatic carbocycles. The van der Waals surface area contributed by atoms with E-state index in [2.05, 4.69) is 24.5 Å². The molecule has 0 radical (unpaired) electrons. The van der Waals surface area contributed by atoms with Crippen molar-refractivity contribution >= 4 is 5.91 Å².